The van der Waals surface area contributed by atoms with Crippen LogP contribution in [0.5, 0.6) is 0 Å². The van der Waals surface area contributed by atoms with Crippen LogP contribution in [-0.2, 0) is 9.59 Å². The second-order valence-corrected chi connectivity index (χ2v) is 7.98. The second kappa shape index (κ2) is 6.23. The fourth-order valence-corrected chi connectivity index (χ4v) is 4.61. The topological polar surface area (TPSA) is 49.4 Å². The van der Waals surface area contributed by atoms with Gasteiger partial charge in [-0.25, -0.2) is 0 Å². The molecule has 0 bridgehead atoms. The number of rotatable bonds is 3. The lowest BCUT2D eigenvalue weighted by Crippen LogP contribution is -2.45. The van der Waals surface area contributed by atoms with Gasteiger partial charge >= 0.3 is 0 Å². The van der Waals surface area contributed by atoms with Gasteiger partial charge < -0.3 is 10.2 Å². The second-order valence-electron chi connectivity index (χ2n) is 7.98. The van der Waals surface area contributed by atoms with Crippen LogP contribution in [0.2, 0.25) is 0 Å². The average Bonchev–Trinajstić information content (AvgIpc) is 2.92. The number of likely N-dealkylation sites (tertiary alicyclic amines) is 1. The largest absolute Gasteiger partial charge is 0.356 e. The van der Waals surface area contributed by atoms with Crippen molar-refractivity contribution >= 4 is 11.8 Å². The third kappa shape index (κ3) is 3.06. The highest BCUT2D eigenvalue weighted by Crippen LogP contribution is 2.44. The molecule has 3 aliphatic rings. The van der Waals surface area contributed by atoms with Crippen LogP contribution in [0, 0.1) is 11.3 Å². The highest BCUT2D eigenvalue weighted by atomic mass is 16.2. The molecule has 4 nitrogen and oxygen atoms in total. The minimum Gasteiger partial charge on any atom is -0.356 e. The average molecular weight is 326 g/mol. The van der Waals surface area contributed by atoms with Crippen LogP contribution in [0.4, 0.5) is 0 Å². The number of piperidine rings is 1. The minimum atomic E-state index is 0.128. The number of benzene rings is 1. The smallest absolute Gasteiger partial charge is 0.222 e. The summed E-state index contributed by atoms with van der Waals surface area (Å²) in [6.07, 6.45) is 5.57. The Morgan fingerprint density at radius 2 is 1.88 bits per heavy atom. The highest BCUT2D eigenvalue weighted by Gasteiger charge is 2.42. The van der Waals surface area contributed by atoms with Gasteiger partial charge in [-0.15, -0.1) is 0 Å². The van der Waals surface area contributed by atoms with Gasteiger partial charge in [-0.05, 0) is 48.5 Å². The fraction of sp³-hybridized carbons (Fsp3) is 0.600. The molecule has 4 heteroatoms. The van der Waals surface area contributed by atoms with Crippen molar-refractivity contribution in [3.8, 4) is 0 Å². The summed E-state index contributed by atoms with van der Waals surface area (Å²) >= 11 is 0. The minimum absolute atomic E-state index is 0.128. The Balaban J connectivity index is 1.23. The number of nitrogens with one attached hydrogen (secondary N) is 1. The van der Waals surface area contributed by atoms with Crippen molar-refractivity contribution in [1.29, 1.82) is 0 Å². The van der Waals surface area contributed by atoms with E-state index in [9.17, 15) is 9.59 Å². The quantitative estimate of drug-likeness (QED) is 0.928. The summed E-state index contributed by atoms with van der Waals surface area (Å²) in [6.45, 7) is 2.44. The van der Waals surface area contributed by atoms with Crippen LogP contribution in [-0.4, -0.2) is 36.3 Å². The molecule has 0 atom stereocenters. The first kappa shape index (κ1) is 15.7. The molecule has 3 fully saturated rings. The number of hydrogen-bond acceptors (Lipinski definition) is 2. The first-order chi connectivity index (χ1) is 11.6. The third-order valence-electron chi connectivity index (χ3n) is 6.34. The standard InChI is InChI=1S/C20H26N2O2/c23-18-13-20(14-21-18)6-8-22(9-7-20)19(24)12-15-10-17(11-15)16-4-2-1-3-5-16/h1-5,15,17H,6-14H2,(H,21,23). The Bertz CT molecular complexity index is 614. The fourth-order valence-electron chi connectivity index (χ4n) is 4.61. The van der Waals surface area contributed by atoms with E-state index in [1.165, 1.54) is 5.56 Å². The molecular formula is C20H26N2O2. The Labute approximate surface area is 143 Å². The number of amides is 2. The van der Waals surface area contributed by atoms with Crippen molar-refractivity contribution in [3.05, 3.63) is 35.9 Å². The summed E-state index contributed by atoms with van der Waals surface area (Å²) in [5.74, 6) is 1.69. The molecule has 1 saturated carbocycles. The van der Waals surface area contributed by atoms with E-state index in [1.54, 1.807) is 0 Å². The van der Waals surface area contributed by atoms with E-state index in [0.29, 0.717) is 30.6 Å². The molecule has 128 valence electrons. The van der Waals surface area contributed by atoms with Crippen LogP contribution in [0.25, 0.3) is 0 Å². The van der Waals surface area contributed by atoms with E-state index < -0.39 is 0 Å². The monoisotopic (exact) mass is 326 g/mol. The molecule has 0 unspecified atom stereocenters. The van der Waals surface area contributed by atoms with Crippen molar-refractivity contribution in [2.45, 2.75) is 44.4 Å². The van der Waals surface area contributed by atoms with Gasteiger partial charge in [-0.3, -0.25) is 9.59 Å². The molecule has 1 aromatic rings. The zero-order chi connectivity index (χ0) is 16.6. The molecule has 24 heavy (non-hydrogen) atoms. The summed E-state index contributed by atoms with van der Waals surface area (Å²) in [7, 11) is 0. The normalized spacial score (nSPS) is 28.5. The van der Waals surface area contributed by atoms with Gasteiger partial charge in [-0.1, -0.05) is 30.3 Å². The Kier molecular flexibility index (Phi) is 4.07. The van der Waals surface area contributed by atoms with E-state index in [0.717, 1.165) is 45.3 Å². The van der Waals surface area contributed by atoms with Crippen LogP contribution < -0.4 is 5.32 Å². The summed E-state index contributed by atoms with van der Waals surface area (Å²) in [6, 6.07) is 10.6. The molecule has 1 spiro atoms. The third-order valence-corrected chi connectivity index (χ3v) is 6.34. The van der Waals surface area contributed by atoms with Crippen molar-refractivity contribution in [3.63, 3.8) is 0 Å². The number of carbonyl (C=O) groups is 2. The van der Waals surface area contributed by atoms with Crippen molar-refractivity contribution in [2.75, 3.05) is 19.6 Å². The molecule has 2 aliphatic heterocycles. The summed E-state index contributed by atoms with van der Waals surface area (Å²) in [5.41, 5.74) is 1.54. The Morgan fingerprint density at radius 3 is 2.50 bits per heavy atom. The lowest BCUT2D eigenvalue weighted by Gasteiger charge is -2.40. The molecule has 1 aromatic carbocycles. The molecule has 0 radical (unpaired) electrons. The van der Waals surface area contributed by atoms with Gasteiger partial charge in [0.25, 0.3) is 0 Å². The zero-order valence-electron chi connectivity index (χ0n) is 14.2. The predicted molar refractivity (Wildman–Crippen MR) is 92.4 cm³/mol. The molecule has 4 rings (SSSR count). The molecular weight excluding hydrogens is 300 g/mol. The first-order valence-electron chi connectivity index (χ1n) is 9.23. The first-order valence-corrected chi connectivity index (χ1v) is 9.23. The van der Waals surface area contributed by atoms with Gasteiger partial charge in [0, 0.05) is 32.5 Å². The van der Waals surface area contributed by atoms with Gasteiger partial charge in [0.15, 0.2) is 0 Å². The zero-order valence-corrected chi connectivity index (χ0v) is 14.2. The van der Waals surface area contributed by atoms with E-state index in [4.69, 9.17) is 0 Å². The van der Waals surface area contributed by atoms with Gasteiger partial charge in [-0.2, -0.15) is 0 Å². The summed E-state index contributed by atoms with van der Waals surface area (Å²) in [4.78, 5) is 26.1. The summed E-state index contributed by atoms with van der Waals surface area (Å²) < 4.78 is 0. The number of nitrogens with zero attached hydrogens (tertiary/aromatic N) is 1. The van der Waals surface area contributed by atoms with Crippen molar-refractivity contribution in [1.82, 2.24) is 10.2 Å². The molecule has 2 heterocycles. The van der Waals surface area contributed by atoms with Crippen LogP contribution in [0.15, 0.2) is 30.3 Å². The molecule has 2 saturated heterocycles. The SMILES string of the molecule is O=C1CC2(CCN(C(=O)CC3CC(c4ccccc4)C3)CC2)CN1. The lowest BCUT2D eigenvalue weighted by atomic mass is 9.70. The van der Waals surface area contributed by atoms with Crippen molar-refractivity contribution < 1.29 is 9.59 Å². The number of hydrogen-bond donors (Lipinski definition) is 1. The van der Waals surface area contributed by atoms with Gasteiger partial charge in [0.2, 0.25) is 11.8 Å². The maximum Gasteiger partial charge on any atom is 0.222 e. The van der Waals surface area contributed by atoms with Gasteiger partial charge in [0.05, 0.1) is 0 Å². The summed E-state index contributed by atoms with van der Waals surface area (Å²) in [5, 5.41) is 2.95. The predicted octanol–water partition coefficient (Wildman–Crippen LogP) is 2.70. The Hall–Kier alpha value is -1.84. The lowest BCUT2D eigenvalue weighted by molar-refractivity contribution is -0.135. The van der Waals surface area contributed by atoms with Gasteiger partial charge in [0.1, 0.15) is 0 Å². The van der Waals surface area contributed by atoms with Crippen LogP contribution >= 0.6 is 0 Å². The molecule has 1 N–H and O–H groups in total. The van der Waals surface area contributed by atoms with E-state index >= 15 is 0 Å². The van der Waals surface area contributed by atoms with E-state index in [2.05, 4.69) is 35.6 Å². The maximum atomic E-state index is 12.6. The molecule has 2 amide bonds. The van der Waals surface area contributed by atoms with E-state index in [1.807, 2.05) is 4.90 Å². The molecule has 0 aromatic heterocycles. The molecule has 1 aliphatic carbocycles. The number of carbonyl (C=O) groups excluding carboxylic acids is 2. The van der Waals surface area contributed by atoms with Crippen LogP contribution in [0.1, 0.15) is 50.0 Å². The van der Waals surface area contributed by atoms with Crippen LogP contribution in [0.3, 0.4) is 0 Å². The van der Waals surface area contributed by atoms with Crippen molar-refractivity contribution in [2.24, 2.45) is 11.3 Å². The maximum absolute atomic E-state index is 12.6. The Morgan fingerprint density at radius 1 is 1.17 bits per heavy atom. The highest BCUT2D eigenvalue weighted by molar-refractivity contribution is 5.79. The van der Waals surface area contributed by atoms with E-state index in [-0.39, 0.29) is 11.3 Å².